The summed E-state index contributed by atoms with van der Waals surface area (Å²) >= 11 is 0. The molecule has 0 aromatic heterocycles. The van der Waals surface area contributed by atoms with Crippen molar-refractivity contribution in [1.82, 2.24) is 15.5 Å². The van der Waals surface area contributed by atoms with Gasteiger partial charge >= 0.3 is 0 Å². The molecule has 1 unspecified atom stereocenters. The first-order chi connectivity index (χ1) is 10.2. The molecule has 1 amide bonds. The third-order valence-corrected chi connectivity index (χ3v) is 3.67. The lowest BCUT2D eigenvalue weighted by Crippen LogP contribution is -2.56. The number of rotatable bonds is 4. The molecule has 0 saturated carbocycles. The van der Waals surface area contributed by atoms with E-state index in [9.17, 15) is 4.79 Å². The molecular formula is C15H20N4O2. The van der Waals surface area contributed by atoms with Crippen molar-refractivity contribution in [2.45, 2.75) is 12.6 Å². The fourth-order valence-electron chi connectivity index (χ4n) is 2.54. The van der Waals surface area contributed by atoms with Crippen molar-refractivity contribution in [3.05, 3.63) is 29.3 Å². The van der Waals surface area contributed by atoms with Crippen molar-refractivity contribution < 1.29 is 9.53 Å². The van der Waals surface area contributed by atoms with Gasteiger partial charge in [-0.2, -0.15) is 5.26 Å². The smallest absolute Gasteiger partial charge is 0.238 e. The van der Waals surface area contributed by atoms with Crippen LogP contribution in [0.5, 0.6) is 5.75 Å². The lowest BCUT2D eigenvalue weighted by atomic mass is 10.1. The number of amides is 1. The largest absolute Gasteiger partial charge is 0.495 e. The van der Waals surface area contributed by atoms with E-state index in [1.165, 1.54) is 0 Å². The molecule has 1 fully saturated rings. The molecule has 1 heterocycles. The predicted molar refractivity (Wildman–Crippen MR) is 78.8 cm³/mol. The maximum atomic E-state index is 11.9. The summed E-state index contributed by atoms with van der Waals surface area (Å²) in [5, 5.41) is 15.1. The van der Waals surface area contributed by atoms with Gasteiger partial charge in [0.2, 0.25) is 5.91 Å². The molecule has 0 aliphatic carbocycles. The van der Waals surface area contributed by atoms with Crippen LogP contribution in [0.1, 0.15) is 11.1 Å². The van der Waals surface area contributed by atoms with Crippen LogP contribution in [0.15, 0.2) is 18.2 Å². The number of benzene rings is 1. The fraction of sp³-hybridized carbons (Fsp3) is 0.467. The molecule has 21 heavy (non-hydrogen) atoms. The van der Waals surface area contributed by atoms with Crippen molar-refractivity contribution in [1.29, 1.82) is 5.26 Å². The molecule has 1 aromatic rings. The summed E-state index contributed by atoms with van der Waals surface area (Å²) in [7, 11) is 3.20. The van der Waals surface area contributed by atoms with Gasteiger partial charge in [-0.05, 0) is 17.7 Å². The van der Waals surface area contributed by atoms with Crippen LogP contribution < -0.4 is 15.4 Å². The van der Waals surface area contributed by atoms with Gasteiger partial charge in [0.15, 0.2) is 0 Å². The number of ether oxygens (including phenoxy) is 1. The van der Waals surface area contributed by atoms with Crippen LogP contribution in [0.25, 0.3) is 0 Å². The zero-order valence-electron chi connectivity index (χ0n) is 12.3. The van der Waals surface area contributed by atoms with Crippen LogP contribution in [0.4, 0.5) is 0 Å². The molecule has 2 N–H and O–H groups in total. The Kier molecular flexibility index (Phi) is 5.14. The summed E-state index contributed by atoms with van der Waals surface area (Å²) in [6, 6.07) is 7.50. The number of methoxy groups -OCH3 is 1. The summed E-state index contributed by atoms with van der Waals surface area (Å²) in [5.41, 5.74) is 1.52. The van der Waals surface area contributed by atoms with Crippen LogP contribution in [0.3, 0.4) is 0 Å². The predicted octanol–water partition coefficient (Wildman–Crippen LogP) is 0.0867. The van der Waals surface area contributed by atoms with Crippen LogP contribution in [0, 0.1) is 11.3 Å². The second kappa shape index (κ2) is 7.07. The molecule has 1 aromatic carbocycles. The number of carbonyl (C=O) groups excluding carboxylic acids is 1. The fourth-order valence-corrected chi connectivity index (χ4v) is 2.54. The van der Waals surface area contributed by atoms with Crippen LogP contribution in [0.2, 0.25) is 0 Å². The molecule has 6 nitrogen and oxygen atoms in total. The van der Waals surface area contributed by atoms with Crippen LogP contribution >= 0.6 is 0 Å². The number of hydrogen-bond acceptors (Lipinski definition) is 5. The minimum absolute atomic E-state index is 0.0104. The monoisotopic (exact) mass is 288 g/mol. The Labute approximate surface area is 124 Å². The van der Waals surface area contributed by atoms with Crippen LogP contribution in [-0.4, -0.2) is 50.6 Å². The van der Waals surface area contributed by atoms with Gasteiger partial charge in [-0.1, -0.05) is 6.07 Å². The Morgan fingerprint density at radius 2 is 2.43 bits per heavy atom. The van der Waals surface area contributed by atoms with Gasteiger partial charge in [-0.25, -0.2) is 0 Å². The molecule has 112 valence electrons. The van der Waals surface area contributed by atoms with Gasteiger partial charge in [-0.15, -0.1) is 0 Å². The Bertz CT molecular complexity index is 553. The Morgan fingerprint density at radius 1 is 1.62 bits per heavy atom. The van der Waals surface area contributed by atoms with E-state index in [4.69, 9.17) is 10.00 Å². The van der Waals surface area contributed by atoms with Crippen LogP contribution in [-0.2, 0) is 11.3 Å². The molecule has 1 aliphatic heterocycles. The Hall–Kier alpha value is -2.10. The number of likely N-dealkylation sites (N-methyl/N-ethyl adjacent to an activating group) is 1. The van der Waals surface area contributed by atoms with Gasteiger partial charge < -0.3 is 15.4 Å². The zero-order chi connectivity index (χ0) is 15.2. The number of carbonyl (C=O) groups is 1. The molecule has 0 radical (unpaired) electrons. The van der Waals surface area contributed by atoms with E-state index in [-0.39, 0.29) is 11.9 Å². The van der Waals surface area contributed by atoms with Gasteiger partial charge in [-0.3, -0.25) is 9.69 Å². The van der Waals surface area contributed by atoms with Crippen molar-refractivity contribution in [3.63, 3.8) is 0 Å². The molecule has 0 spiro atoms. The number of nitriles is 1. The van der Waals surface area contributed by atoms with Gasteiger partial charge in [0, 0.05) is 33.2 Å². The third-order valence-electron chi connectivity index (χ3n) is 3.67. The average Bonchev–Trinajstić information content (AvgIpc) is 2.54. The van der Waals surface area contributed by atoms with E-state index in [0.29, 0.717) is 24.4 Å². The van der Waals surface area contributed by atoms with Crippen molar-refractivity contribution in [3.8, 4) is 11.8 Å². The van der Waals surface area contributed by atoms with E-state index in [1.54, 1.807) is 20.2 Å². The summed E-state index contributed by atoms with van der Waals surface area (Å²) < 4.78 is 5.15. The standard InChI is InChI=1S/C15H20N4O2/c1-17-15(20)13-9-18-5-6-19(13)10-11-3-4-14(21-2)12(7-11)8-16/h3-4,7,13,18H,5-6,9-10H2,1-2H3,(H,17,20). The van der Waals surface area contributed by atoms with E-state index >= 15 is 0 Å². The maximum Gasteiger partial charge on any atom is 0.238 e. The summed E-state index contributed by atoms with van der Waals surface area (Å²) in [6.45, 7) is 2.93. The van der Waals surface area contributed by atoms with E-state index in [0.717, 1.165) is 18.7 Å². The molecule has 6 heteroatoms. The highest BCUT2D eigenvalue weighted by molar-refractivity contribution is 5.81. The third kappa shape index (κ3) is 3.51. The van der Waals surface area contributed by atoms with Gasteiger partial charge in [0.1, 0.15) is 17.9 Å². The first kappa shape index (κ1) is 15.3. The second-order valence-electron chi connectivity index (χ2n) is 4.95. The lowest BCUT2D eigenvalue weighted by Gasteiger charge is -2.34. The van der Waals surface area contributed by atoms with Gasteiger partial charge in [0.05, 0.1) is 12.7 Å². The molecular weight excluding hydrogens is 268 g/mol. The maximum absolute atomic E-state index is 11.9. The van der Waals surface area contributed by atoms with E-state index < -0.39 is 0 Å². The van der Waals surface area contributed by atoms with Crippen molar-refractivity contribution in [2.75, 3.05) is 33.8 Å². The molecule has 1 aliphatic rings. The van der Waals surface area contributed by atoms with Crippen molar-refractivity contribution in [2.24, 2.45) is 0 Å². The summed E-state index contributed by atoms with van der Waals surface area (Å²) in [6.07, 6.45) is 0. The average molecular weight is 288 g/mol. The quantitative estimate of drug-likeness (QED) is 0.821. The SMILES string of the molecule is CNC(=O)C1CNCCN1Cc1ccc(OC)c(C#N)c1. The molecule has 0 bridgehead atoms. The highest BCUT2D eigenvalue weighted by Crippen LogP contribution is 2.20. The Balaban J connectivity index is 2.16. The zero-order valence-corrected chi connectivity index (χ0v) is 12.3. The molecule has 1 atom stereocenters. The topological polar surface area (TPSA) is 77.4 Å². The Morgan fingerprint density at radius 3 is 3.10 bits per heavy atom. The normalized spacial score (nSPS) is 18.8. The minimum Gasteiger partial charge on any atom is -0.495 e. The highest BCUT2D eigenvalue weighted by atomic mass is 16.5. The number of nitrogens with one attached hydrogen (secondary N) is 2. The summed E-state index contributed by atoms with van der Waals surface area (Å²) in [5.74, 6) is 0.584. The number of piperazine rings is 1. The first-order valence-electron chi connectivity index (χ1n) is 6.93. The second-order valence-corrected chi connectivity index (χ2v) is 4.95. The molecule has 1 saturated heterocycles. The number of nitrogens with zero attached hydrogens (tertiary/aromatic N) is 2. The molecule has 2 rings (SSSR count). The number of hydrogen-bond donors (Lipinski definition) is 2. The summed E-state index contributed by atoms with van der Waals surface area (Å²) in [4.78, 5) is 14.0. The highest BCUT2D eigenvalue weighted by Gasteiger charge is 2.27. The van der Waals surface area contributed by atoms with Crippen molar-refractivity contribution >= 4 is 5.91 Å². The van der Waals surface area contributed by atoms with Gasteiger partial charge in [0.25, 0.3) is 0 Å². The van der Waals surface area contributed by atoms with E-state index in [1.807, 2.05) is 12.1 Å². The van der Waals surface area contributed by atoms with E-state index in [2.05, 4.69) is 21.6 Å². The minimum atomic E-state index is -0.184. The lowest BCUT2D eigenvalue weighted by molar-refractivity contribution is -0.126. The first-order valence-corrected chi connectivity index (χ1v) is 6.93.